The van der Waals surface area contributed by atoms with Gasteiger partial charge < -0.3 is 0 Å². The molecule has 0 saturated carbocycles. The van der Waals surface area contributed by atoms with Gasteiger partial charge >= 0.3 is 0 Å². The lowest BCUT2D eigenvalue weighted by molar-refractivity contribution is 0.853. The van der Waals surface area contributed by atoms with E-state index in [1.165, 1.54) is 5.56 Å². The second-order valence-electron chi connectivity index (χ2n) is 6.68. The first-order chi connectivity index (χ1) is 14.2. The molecular weight excluding hydrogens is 402 g/mol. The maximum absolute atomic E-state index is 12.6. The van der Waals surface area contributed by atoms with Crippen molar-refractivity contribution < 1.29 is 0 Å². The summed E-state index contributed by atoms with van der Waals surface area (Å²) in [6.07, 6.45) is 0.844. The van der Waals surface area contributed by atoms with E-state index in [2.05, 4.69) is 27.7 Å². The molecule has 0 aliphatic heterocycles. The Morgan fingerprint density at radius 1 is 1.03 bits per heavy atom. The number of benzene rings is 2. The molecule has 3 heterocycles. The Morgan fingerprint density at radius 3 is 2.69 bits per heavy atom. The normalized spacial score (nSPS) is 11.5. The SMILES string of the molecule is Cn1c(=O)c2ccccc2n2c(SCc3csc(Cc4ccccc4)n3)nnc12. The van der Waals surface area contributed by atoms with Crippen molar-refractivity contribution in [3.05, 3.63) is 86.6 Å². The van der Waals surface area contributed by atoms with Gasteiger partial charge in [-0.25, -0.2) is 4.98 Å². The topological polar surface area (TPSA) is 65.1 Å². The van der Waals surface area contributed by atoms with E-state index in [1.807, 2.05) is 46.9 Å². The van der Waals surface area contributed by atoms with Gasteiger partial charge in [-0.15, -0.1) is 21.5 Å². The fourth-order valence-electron chi connectivity index (χ4n) is 3.31. The molecule has 0 aliphatic carbocycles. The fraction of sp³-hybridized carbons (Fsp3) is 0.143. The smallest absolute Gasteiger partial charge is 0.262 e. The predicted octanol–water partition coefficient (Wildman–Crippen LogP) is 3.92. The summed E-state index contributed by atoms with van der Waals surface area (Å²) in [6, 6.07) is 17.9. The van der Waals surface area contributed by atoms with E-state index in [1.54, 1.807) is 34.7 Å². The lowest BCUT2D eigenvalue weighted by Gasteiger charge is -2.07. The molecule has 3 aromatic heterocycles. The van der Waals surface area contributed by atoms with Crippen molar-refractivity contribution in [3.63, 3.8) is 0 Å². The molecule has 6 nitrogen and oxygen atoms in total. The number of thioether (sulfide) groups is 1. The maximum Gasteiger partial charge on any atom is 0.262 e. The van der Waals surface area contributed by atoms with Crippen LogP contribution in [0.15, 0.2) is 69.9 Å². The Morgan fingerprint density at radius 2 is 1.83 bits per heavy atom. The van der Waals surface area contributed by atoms with Gasteiger partial charge in [0.25, 0.3) is 5.56 Å². The minimum atomic E-state index is -0.0675. The van der Waals surface area contributed by atoms with E-state index in [9.17, 15) is 4.79 Å². The number of rotatable bonds is 5. The fourth-order valence-corrected chi connectivity index (χ4v) is 5.08. The van der Waals surface area contributed by atoms with Gasteiger partial charge in [-0.3, -0.25) is 13.8 Å². The monoisotopic (exact) mass is 419 g/mol. The van der Waals surface area contributed by atoms with E-state index in [-0.39, 0.29) is 5.56 Å². The molecular formula is C21H17N5OS2. The summed E-state index contributed by atoms with van der Waals surface area (Å²) >= 11 is 3.26. The third-order valence-corrected chi connectivity index (χ3v) is 6.60. The molecule has 2 aromatic carbocycles. The molecule has 144 valence electrons. The second-order valence-corrected chi connectivity index (χ2v) is 8.57. The summed E-state index contributed by atoms with van der Waals surface area (Å²) in [4.78, 5) is 17.3. The van der Waals surface area contributed by atoms with Crippen LogP contribution in [0.2, 0.25) is 0 Å². The maximum atomic E-state index is 12.6. The molecule has 0 aliphatic rings. The Hall–Kier alpha value is -2.97. The van der Waals surface area contributed by atoms with Crippen LogP contribution >= 0.6 is 23.1 Å². The van der Waals surface area contributed by atoms with Crippen molar-refractivity contribution in [3.8, 4) is 0 Å². The van der Waals surface area contributed by atoms with Crippen LogP contribution in [-0.4, -0.2) is 24.1 Å². The molecule has 0 N–H and O–H groups in total. The Labute approximate surface area is 174 Å². The van der Waals surface area contributed by atoms with Crippen LogP contribution in [0.5, 0.6) is 0 Å². The summed E-state index contributed by atoms with van der Waals surface area (Å²) in [5, 5.41) is 13.2. The van der Waals surface area contributed by atoms with Gasteiger partial charge in [-0.1, -0.05) is 54.2 Å². The quantitative estimate of drug-likeness (QED) is 0.404. The largest absolute Gasteiger partial charge is 0.279 e. The summed E-state index contributed by atoms with van der Waals surface area (Å²) in [5.74, 6) is 1.24. The van der Waals surface area contributed by atoms with Gasteiger partial charge in [-0.2, -0.15) is 0 Å². The van der Waals surface area contributed by atoms with Crippen molar-refractivity contribution in [2.75, 3.05) is 0 Å². The first-order valence-corrected chi connectivity index (χ1v) is 11.0. The highest BCUT2D eigenvalue weighted by molar-refractivity contribution is 7.98. The van der Waals surface area contributed by atoms with E-state index in [4.69, 9.17) is 4.98 Å². The molecule has 0 saturated heterocycles. The number of hydrogen-bond acceptors (Lipinski definition) is 6. The van der Waals surface area contributed by atoms with Crippen LogP contribution in [0.1, 0.15) is 16.3 Å². The summed E-state index contributed by atoms with van der Waals surface area (Å²) in [6.45, 7) is 0. The molecule has 0 atom stereocenters. The zero-order valence-electron chi connectivity index (χ0n) is 15.6. The Kier molecular flexibility index (Phi) is 4.65. The van der Waals surface area contributed by atoms with Crippen LogP contribution in [-0.2, 0) is 19.2 Å². The first-order valence-electron chi connectivity index (χ1n) is 9.13. The molecule has 5 aromatic rings. The van der Waals surface area contributed by atoms with E-state index in [0.717, 1.165) is 27.8 Å². The molecule has 0 fully saturated rings. The number of nitrogens with zero attached hydrogens (tertiary/aromatic N) is 5. The molecule has 0 radical (unpaired) electrons. The lowest BCUT2D eigenvalue weighted by Crippen LogP contribution is -2.20. The van der Waals surface area contributed by atoms with Gasteiger partial charge in [0.2, 0.25) is 5.78 Å². The van der Waals surface area contributed by atoms with Gasteiger partial charge in [-0.05, 0) is 17.7 Å². The van der Waals surface area contributed by atoms with Crippen LogP contribution in [0.4, 0.5) is 0 Å². The Balaban J connectivity index is 1.43. The minimum Gasteiger partial charge on any atom is -0.279 e. The van der Waals surface area contributed by atoms with E-state index in [0.29, 0.717) is 16.9 Å². The third kappa shape index (κ3) is 3.34. The van der Waals surface area contributed by atoms with Gasteiger partial charge in [0.05, 0.1) is 21.6 Å². The highest BCUT2D eigenvalue weighted by Gasteiger charge is 2.15. The van der Waals surface area contributed by atoms with Crippen molar-refractivity contribution in [1.29, 1.82) is 0 Å². The highest BCUT2D eigenvalue weighted by atomic mass is 32.2. The highest BCUT2D eigenvalue weighted by Crippen LogP contribution is 2.25. The van der Waals surface area contributed by atoms with Crippen LogP contribution in [0.25, 0.3) is 16.7 Å². The summed E-state index contributed by atoms with van der Waals surface area (Å²) in [7, 11) is 1.73. The summed E-state index contributed by atoms with van der Waals surface area (Å²) < 4.78 is 3.48. The number of aromatic nitrogens is 5. The van der Waals surface area contributed by atoms with Crippen LogP contribution in [0.3, 0.4) is 0 Å². The molecule has 0 spiro atoms. The molecule has 29 heavy (non-hydrogen) atoms. The van der Waals surface area contributed by atoms with Crippen LogP contribution < -0.4 is 5.56 Å². The summed E-state index contributed by atoms with van der Waals surface area (Å²) in [5.41, 5.74) is 3.04. The second kappa shape index (κ2) is 7.46. The number of thiazole rings is 1. The third-order valence-electron chi connectivity index (χ3n) is 4.74. The van der Waals surface area contributed by atoms with Gasteiger partial charge in [0.15, 0.2) is 5.16 Å². The van der Waals surface area contributed by atoms with Crippen LogP contribution in [0, 0.1) is 0 Å². The molecule has 5 rings (SSSR count). The van der Waals surface area contributed by atoms with Crippen molar-refractivity contribution >= 4 is 39.8 Å². The number of para-hydroxylation sites is 1. The van der Waals surface area contributed by atoms with Crippen molar-refractivity contribution in [2.45, 2.75) is 17.3 Å². The molecule has 8 heteroatoms. The predicted molar refractivity (Wildman–Crippen MR) is 117 cm³/mol. The first kappa shape index (κ1) is 18.1. The molecule has 0 unspecified atom stereocenters. The van der Waals surface area contributed by atoms with Crippen molar-refractivity contribution in [1.82, 2.24) is 24.1 Å². The van der Waals surface area contributed by atoms with Gasteiger partial charge in [0.1, 0.15) is 0 Å². The van der Waals surface area contributed by atoms with E-state index >= 15 is 0 Å². The average Bonchev–Trinajstić information content (AvgIpc) is 3.38. The van der Waals surface area contributed by atoms with E-state index < -0.39 is 0 Å². The number of aryl methyl sites for hydroxylation is 1. The number of fused-ring (bicyclic) bond motifs is 3. The standard InChI is InChI=1S/C21H17N5OS2/c1-25-19(27)16-9-5-6-10-17(16)26-20(25)23-24-21(26)29-13-15-12-28-18(22-15)11-14-7-3-2-4-8-14/h2-10,12H,11,13H2,1H3. The zero-order chi connectivity index (χ0) is 19.8. The lowest BCUT2D eigenvalue weighted by atomic mass is 10.2. The molecule has 0 bridgehead atoms. The van der Waals surface area contributed by atoms with Crippen molar-refractivity contribution in [2.24, 2.45) is 7.05 Å². The van der Waals surface area contributed by atoms with Gasteiger partial charge in [0, 0.05) is 24.6 Å². The molecule has 0 amide bonds. The number of hydrogen-bond donors (Lipinski definition) is 0. The minimum absolute atomic E-state index is 0.0675. The Bertz CT molecular complexity index is 1370. The average molecular weight is 420 g/mol. The zero-order valence-corrected chi connectivity index (χ0v) is 17.3.